The van der Waals surface area contributed by atoms with Crippen LogP contribution in [0.15, 0.2) is 12.2 Å². The number of alkyl halides is 1. The van der Waals surface area contributed by atoms with Crippen LogP contribution in [0.3, 0.4) is 0 Å². The molecule has 0 spiro atoms. The van der Waals surface area contributed by atoms with Crippen LogP contribution in [-0.2, 0) is 4.74 Å². The van der Waals surface area contributed by atoms with Crippen LogP contribution in [0, 0.1) is 0 Å². The van der Waals surface area contributed by atoms with E-state index >= 15 is 0 Å². The average molecular weight is 207 g/mol. The Bertz CT molecular complexity index is 113. The summed E-state index contributed by atoms with van der Waals surface area (Å²) in [5, 5.41) is 0.823. The largest absolute Gasteiger partial charge is 0.372 e. The first kappa shape index (κ1) is 10.2. The number of hydrogen-bond donors (Lipinski definition) is 0. The molecule has 10 heavy (non-hydrogen) atoms. The van der Waals surface area contributed by atoms with Gasteiger partial charge in [-0.1, -0.05) is 22.5 Å². The highest BCUT2D eigenvalue weighted by Crippen LogP contribution is 2.09. The molecule has 0 aliphatic heterocycles. The van der Waals surface area contributed by atoms with Gasteiger partial charge in [0.25, 0.3) is 0 Å². The third-order valence-electron chi connectivity index (χ3n) is 0.898. The van der Waals surface area contributed by atoms with Gasteiger partial charge in [0.2, 0.25) is 0 Å². The smallest absolute Gasteiger partial charge is 0.0689 e. The molecule has 0 radical (unpaired) electrons. The fourth-order valence-electron chi connectivity index (χ4n) is 0.357. The van der Waals surface area contributed by atoms with Gasteiger partial charge in [0.15, 0.2) is 0 Å². The average Bonchev–Trinajstić information content (AvgIpc) is 1.81. The predicted molar refractivity (Wildman–Crippen MR) is 48.6 cm³/mol. The Morgan fingerprint density at radius 3 is 2.30 bits per heavy atom. The molecule has 0 N–H and O–H groups in total. The van der Waals surface area contributed by atoms with E-state index in [0.29, 0.717) is 6.61 Å². The highest BCUT2D eigenvalue weighted by atomic mass is 79.9. The standard InChI is InChI=1S/C8H15BrO/c1-7(5-9)6-10-8(2,3)4/h1,5-6H2,2-4H3. The van der Waals surface area contributed by atoms with Crippen molar-refractivity contribution in [2.75, 3.05) is 11.9 Å². The van der Waals surface area contributed by atoms with Crippen molar-refractivity contribution in [3.05, 3.63) is 12.2 Å². The van der Waals surface area contributed by atoms with Crippen LogP contribution in [0.25, 0.3) is 0 Å². The van der Waals surface area contributed by atoms with Crippen LogP contribution >= 0.6 is 15.9 Å². The van der Waals surface area contributed by atoms with Crippen LogP contribution in [0.4, 0.5) is 0 Å². The topological polar surface area (TPSA) is 9.23 Å². The molecule has 2 heteroatoms. The second-order valence-corrected chi connectivity index (χ2v) is 3.85. The molecule has 0 aromatic carbocycles. The van der Waals surface area contributed by atoms with E-state index in [1.165, 1.54) is 0 Å². The van der Waals surface area contributed by atoms with Gasteiger partial charge in [0.05, 0.1) is 12.2 Å². The summed E-state index contributed by atoms with van der Waals surface area (Å²) in [6.07, 6.45) is 0. The van der Waals surface area contributed by atoms with E-state index in [4.69, 9.17) is 4.74 Å². The Balaban J connectivity index is 3.46. The molecule has 0 saturated heterocycles. The fraction of sp³-hybridized carbons (Fsp3) is 0.750. The molecule has 0 amide bonds. The van der Waals surface area contributed by atoms with E-state index in [1.807, 2.05) is 20.8 Å². The number of ether oxygens (including phenoxy) is 1. The molecular weight excluding hydrogens is 192 g/mol. The van der Waals surface area contributed by atoms with Crippen LogP contribution in [0.5, 0.6) is 0 Å². The molecule has 60 valence electrons. The number of halogens is 1. The SMILES string of the molecule is C=C(CBr)COC(C)(C)C. The molecule has 0 saturated carbocycles. The lowest BCUT2D eigenvalue weighted by Gasteiger charge is -2.19. The summed E-state index contributed by atoms with van der Waals surface area (Å²) in [6.45, 7) is 10.6. The lowest BCUT2D eigenvalue weighted by molar-refractivity contribution is 0.0115. The molecule has 0 bridgehead atoms. The van der Waals surface area contributed by atoms with Crippen molar-refractivity contribution in [2.45, 2.75) is 26.4 Å². The lowest BCUT2D eigenvalue weighted by Crippen LogP contribution is -2.20. The van der Waals surface area contributed by atoms with Gasteiger partial charge in [-0.3, -0.25) is 0 Å². The van der Waals surface area contributed by atoms with Crippen molar-refractivity contribution in [3.8, 4) is 0 Å². The molecule has 1 nitrogen and oxygen atoms in total. The van der Waals surface area contributed by atoms with Gasteiger partial charge >= 0.3 is 0 Å². The third kappa shape index (κ3) is 6.30. The molecule has 0 atom stereocenters. The first-order chi connectivity index (χ1) is 4.45. The third-order valence-corrected chi connectivity index (χ3v) is 1.69. The summed E-state index contributed by atoms with van der Waals surface area (Å²) in [6, 6.07) is 0. The van der Waals surface area contributed by atoms with E-state index in [1.54, 1.807) is 0 Å². The molecule has 0 fully saturated rings. The van der Waals surface area contributed by atoms with Crippen LogP contribution in [-0.4, -0.2) is 17.5 Å². The van der Waals surface area contributed by atoms with E-state index in [2.05, 4.69) is 22.5 Å². The van der Waals surface area contributed by atoms with Crippen molar-refractivity contribution in [3.63, 3.8) is 0 Å². The van der Waals surface area contributed by atoms with Crippen molar-refractivity contribution in [1.82, 2.24) is 0 Å². The minimum absolute atomic E-state index is 0.0505. The van der Waals surface area contributed by atoms with E-state index in [9.17, 15) is 0 Å². The van der Waals surface area contributed by atoms with Crippen molar-refractivity contribution in [2.24, 2.45) is 0 Å². The molecule has 0 unspecified atom stereocenters. The number of hydrogen-bond acceptors (Lipinski definition) is 1. The zero-order valence-electron chi connectivity index (χ0n) is 6.91. The first-order valence-electron chi connectivity index (χ1n) is 3.32. The van der Waals surface area contributed by atoms with E-state index in [-0.39, 0.29) is 5.60 Å². The predicted octanol–water partition coefficient (Wildman–Crippen LogP) is 2.75. The van der Waals surface area contributed by atoms with Gasteiger partial charge in [-0.05, 0) is 26.3 Å². The minimum atomic E-state index is -0.0505. The summed E-state index contributed by atoms with van der Waals surface area (Å²) in [5.41, 5.74) is 1.03. The number of rotatable bonds is 3. The molecule has 0 heterocycles. The van der Waals surface area contributed by atoms with Gasteiger partial charge in [0, 0.05) is 5.33 Å². The Morgan fingerprint density at radius 1 is 1.50 bits per heavy atom. The molecule has 0 aliphatic carbocycles. The molecule has 0 aromatic heterocycles. The van der Waals surface area contributed by atoms with E-state index in [0.717, 1.165) is 10.9 Å². The van der Waals surface area contributed by atoms with Gasteiger partial charge in [-0.2, -0.15) is 0 Å². The normalized spacial score (nSPS) is 11.6. The molecule has 0 aliphatic rings. The summed E-state index contributed by atoms with van der Waals surface area (Å²) in [7, 11) is 0. The van der Waals surface area contributed by atoms with Crippen LogP contribution in [0.2, 0.25) is 0 Å². The molecular formula is C8H15BrO. The highest BCUT2D eigenvalue weighted by molar-refractivity contribution is 9.09. The van der Waals surface area contributed by atoms with Gasteiger partial charge in [0.1, 0.15) is 0 Å². The Hall–Kier alpha value is 0.180. The molecule has 0 aromatic rings. The maximum atomic E-state index is 5.45. The summed E-state index contributed by atoms with van der Waals surface area (Å²) < 4.78 is 5.45. The molecule has 0 rings (SSSR count). The second-order valence-electron chi connectivity index (χ2n) is 3.28. The van der Waals surface area contributed by atoms with Crippen molar-refractivity contribution in [1.29, 1.82) is 0 Å². The van der Waals surface area contributed by atoms with Gasteiger partial charge < -0.3 is 4.74 Å². The van der Waals surface area contributed by atoms with E-state index < -0.39 is 0 Å². The maximum absolute atomic E-state index is 5.45. The summed E-state index contributed by atoms with van der Waals surface area (Å²) in [4.78, 5) is 0. The Labute approximate surface area is 71.6 Å². The minimum Gasteiger partial charge on any atom is -0.372 e. The Kier molecular flexibility index (Phi) is 4.22. The quantitative estimate of drug-likeness (QED) is 0.510. The second kappa shape index (κ2) is 4.14. The van der Waals surface area contributed by atoms with Gasteiger partial charge in [-0.15, -0.1) is 0 Å². The van der Waals surface area contributed by atoms with Crippen molar-refractivity contribution >= 4 is 15.9 Å². The van der Waals surface area contributed by atoms with Crippen molar-refractivity contribution < 1.29 is 4.74 Å². The van der Waals surface area contributed by atoms with Gasteiger partial charge in [-0.25, -0.2) is 0 Å². The summed E-state index contributed by atoms with van der Waals surface area (Å²) in [5.74, 6) is 0. The fourth-order valence-corrected chi connectivity index (χ4v) is 0.519. The maximum Gasteiger partial charge on any atom is 0.0689 e. The van der Waals surface area contributed by atoms with Crippen LogP contribution < -0.4 is 0 Å². The van der Waals surface area contributed by atoms with Crippen LogP contribution in [0.1, 0.15) is 20.8 Å². The highest BCUT2D eigenvalue weighted by Gasteiger charge is 2.09. The zero-order chi connectivity index (χ0) is 8.20. The summed E-state index contributed by atoms with van der Waals surface area (Å²) >= 11 is 3.30. The first-order valence-corrected chi connectivity index (χ1v) is 4.44. The Morgan fingerprint density at radius 2 is 2.00 bits per heavy atom. The lowest BCUT2D eigenvalue weighted by atomic mass is 10.2. The zero-order valence-corrected chi connectivity index (χ0v) is 8.49. The monoisotopic (exact) mass is 206 g/mol.